The van der Waals surface area contributed by atoms with Gasteiger partial charge in [0.05, 0.1) is 12.0 Å². The fourth-order valence-electron chi connectivity index (χ4n) is 2.40. The summed E-state index contributed by atoms with van der Waals surface area (Å²) in [4.78, 5) is 2.20. The standard InChI is InChI=1S/C16H25N3/c1-5-15(18)16(19(4)11-13(3)10-17)14-8-6-12(2)7-9-14/h6-9,13,15-16H,5,11,18H2,1-4H3. The third-order valence-corrected chi connectivity index (χ3v) is 3.55. The molecule has 3 nitrogen and oxygen atoms in total. The molecule has 1 rings (SSSR count). The Morgan fingerprint density at radius 2 is 1.89 bits per heavy atom. The van der Waals surface area contributed by atoms with Gasteiger partial charge < -0.3 is 5.73 Å². The minimum Gasteiger partial charge on any atom is -0.326 e. The molecule has 0 bridgehead atoms. The van der Waals surface area contributed by atoms with Crippen molar-refractivity contribution in [3.05, 3.63) is 35.4 Å². The molecule has 0 spiro atoms. The van der Waals surface area contributed by atoms with Gasteiger partial charge in [-0.3, -0.25) is 4.90 Å². The molecule has 104 valence electrons. The average molecular weight is 259 g/mol. The van der Waals surface area contributed by atoms with Crippen LogP contribution in [-0.2, 0) is 0 Å². The molecule has 1 aromatic carbocycles. The molecule has 0 heterocycles. The van der Waals surface area contributed by atoms with Crippen molar-refractivity contribution >= 4 is 0 Å². The van der Waals surface area contributed by atoms with Crippen LogP contribution in [0.15, 0.2) is 24.3 Å². The Morgan fingerprint density at radius 1 is 1.32 bits per heavy atom. The van der Waals surface area contributed by atoms with Crippen LogP contribution in [-0.4, -0.2) is 24.5 Å². The van der Waals surface area contributed by atoms with Gasteiger partial charge in [0.15, 0.2) is 0 Å². The summed E-state index contributed by atoms with van der Waals surface area (Å²) in [7, 11) is 2.05. The molecule has 0 aliphatic carbocycles. The molecule has 0 saturated carbocycles. The SMILES string of the molecule is CCC(N)C(c1ccc(C)cc1)N(C)CC(C)C#N. The highest BCUT2D eigenvalue weighted by Gasteiger charge is 2.24. The highest BCUT2D eigenvalue weighted by Crippen LogP contribution is 2.25. The van der Waals surface area contributed by atoms with Gasteiger partial charge in [-0.05, 0) is 32.9 Å². The molecule has 0 aromatic heterocycles. The lowest BCUT2D eigenvalue weighted by molar-refractivity contribution is 0.197. The second kappa shape index (κ2) is 7.28. The first-order valence-electron chi connectivity index (χ1n) is 6.91. The summed E-state index contributed by atoms with van der Waals surface area (Å²) in [5.41, 5.74) is 8.76. The Kier molecular flexibility index (Phi) is 6.01. The van der Waals surface area contributed by atoms with E-state index in [9.17, 15) is 0 Å². The van der Waals surface area contributed by atoms with Gasteiger partial charge in [0, 0.05) is 18.6 Å². The average Bonchev–Trinajstić information content (AvgIpc) is 2.40. The Labute approximate surface area is 117 Å². The number of nitrogens with zero attached hydrogens (tertiary/aromatic N) is 2. The van der Waals surface area contributed by atoms with Crippen LogP contribution in [0.1, 0.15) is 37.4 Å². The van der Waals surface area contributed by atoms with Crippen LogP contribution in [0.5, 0.6) is 0 Å². The van der Waals surface area contributed by atoms with Crippen molar-refractivity contribution in [2.75, 3.05) is 13.6 Å². The number of aryl methyl sites for hydroxylation is 1. The van der Waals surface area contributed by atoms with Crippen molar-refractivity contribution < 1.29 is 0 Å². The van der Waals surface area contributed by atoms with E-state index in [0.29, 0.717) is 0 Å². The van der Waals surface area contributed by atoms with Gasteiger partial charge in [-0.2, -0.15) is 5.26 Å². The fourth-order valence-corrected chi connectivity index (χ4v) is 2.40. The van der Waals surface area contributed by atoms with E-state index in [1.54, 1.807) is 0 Å². The second-order valence-electron chi connectivity index (χ2n) is 5.40. The van der Waals surface area contributed by atoms with Crippen molar-refractivity contribution in [2.24, 2.45) is 11.7 Å². The van der Waals surface area contributed by atoms with E-state index in [0.717, 1.165) is 13.0 Å². The summed E-state index contributed by atoms with van der Waals surface area (Å²) in [6.45, 7) is 6.87. The molecule has 0 saturated heterocycles. The summed E-state index contributed by atoms with van der Waals surface area (Å²) in [6, 6.07) is 11.1. The fraction of sp³-hybridized carbons (Fsp3) is 0.562. The molecule has 3 atom stereocenters. The molecule has 0 fully saturated rings. The van der Waals surface area contributed by atoms with Crippen LogP contribution in [0.4, 0.5) is 0 Å². The van der Waals surface area contributed by atoms with Crippen LogP contribution in [0.25, 0.3) is 0 Å². The quantitative estimate of drug-likeness (QED) is 0.854. The molecular weight excluding hydrogens is 234 g/mol. The molecule has 3 unspecified atom stereocenters. The molecule has 0 amide bonds. The first kappa shape index (κ1) is 15.7. The number of benzene rings is 1. The lowest BCUT2D eigenvalue weighted by Crippen LogP contribution is -2.40. The summed E-state index contributed by atoms with van der Waals surface area (Å²) < 4.78 is 0. The smallest absolute Gasteiger partial charge is 0.0666 e. The molecular formula is C16H25N3. The summed E-state index contributed by atoms with van der Waals surface area (Å²) in [6.07, 6.45) is 0.920. The van der Waals surface area contributed by atoms with Gasteiger partial charge in [-0.1, -0.05) is 36.8 Å². The van der Waals surface area contributed by atoms with Gasteiger partial charge in [0.25, 0.3) is 0 Å². The zero-order chi connectivity index (χ0) is 14.4. The summed E-state index contributed by atoms with van der Waals surface area (Å²) in [5, 5.41) is 8.96. The predicted octanol–water partition coefficient (Wildman–Crippen LogP) is 2.86. The van der Waals surface area contributed by atoms with Crippen LogP contribution < -0.4 is 5.73 Å². The van der Waals surface area contributed by atoms with Crippen molar-refractivity contribution in [3.8, 4) is 6.07 Å². The molecule has 0 aliphatic rings. The van der Waals surface area contributed by atoms with E-state index in [1.165, 1.54) is 11.1 Å². The molecule has 2 N–H and O–H groups in total. The van der Waals surface area contributed by atoms with Crippen molar-refractivity contribution in [1.82, 2.24) is 4.90 Å². The van der Waals surface area contributed by atoms with E-state index in [-0.39, 0.29) is 18.0 Å². The van der Waals surface area contributed by atoms with E-state index in [2.05, 4.69) is 49.1 Å². The van der Waals surface area contributed by atoms with E-state index >= 15 is 0 Å². The van der Waals surface area contributed by atoms with E-state index in [4.69, 9.17) is 11.0 Å². The van der Waals surface area contributed by atoms with Crippen LogP contribution >= 0.6 is 0 Å². The number of rotatable bonds is 6. The summed E-state index contributed by atoms with van der Waals surface area (Å²) >= 11 is 0. The maximum atomic E-state index is 8.96. The third-order valence-electron chi connectivity index (χ3n) is 3.55. The van der Waals surface area contributed by atoms with Gasteiger partial charge >= 0.3 is 0 Å². The van der Waals surface area contributed by atoms with Gasteiger partial charge in [0.1, 0.15) is 0 Å². The van der Waals surface area contributed by atoms with Crippen molar-refractivity contribution in [1.29, 1.82) is 5.26 Å². The topological polar surface area (TPSA) is 53.0 Å². The first-order chi connectivity index (χ1) is 8.99. The van der Waals surface area contributed by atoms with Gasteiger partial charge in [0.2, 0.25) is 0 Å². The molecule has 0 aliphatic heterocycles. The van der Waals surface area contributed by atoms with E-state index in [1.807, 2.05) is 14.0 Å². The second-order valence-corrected chi connectivity index (χ2v) is 5.40. The number of hydrogen-bond acceptors (Lipinski definition) is 3. The number of hydrogen-bond donors (Lipinski definition) is 1. The predicted molar refractivity (Wildman–Crippen MR) is 79.6 cm³/mol. The molecule has 1 aromatic rings. The Hall–Kier alpha value is -1.37. The van der Waals surface area contributed by atoms with Crippen LogP contribution in [0.2, 0.25) is 0 Å². The number of nitrogens with two attached hydrogens (primary N) is 1. The normalized spacial score (nSPS) is 15.8. The highest BCUT2D eigenvalue weighted by molar-refractivity contribution is 5.25. The lowest BCUT2D eigenvalue weighted by Gasteiger charge is -2.33. The Bertz CT molecular complexity index is 419. The van der Waals surface area contributed by atoms with Crippen LogP contribution in [0.3, 0.4) is 0 Å². The number of likely N-dealkylation sites (N-methyl/N-ethyl adjacent to an activating group) is 1. The zero-order valence-electron chi connectivity index (χ0n) is 12.4. The monoisotopic (exact) mass is 259 g/mol. The van der Waals surface area contributed by atoms with Crippen LogP contribution in [0, 0.1) is 24.2 Å². The summed E-state index contributed by atoms with van der Waals surface area (Å²) in [5.74, 6) is 0.0157. The largest absolute Gasteiger partial charge is 0.326 e. The van der Waals surface area contributed by atoms with Gasteiger partial charge in [-0.15, -0.1) is 0 Å². The zero-order valence-corrected chi connectivity index (χ0v) is 12.4. The minimum atomic E-state index is 0.0157. The maximum Gasteiger partial charge on any atom is 0.0666 e. The minimum absolute atomic E-state index is 0.0157. The molecule has 19 heavy (non-hydrogen) atoms. The third kappa shape index (κ3) is 4.34. The maximum absolute atomic E-state index is 8.96. The lowest BCUT2D eigenvalue weighted by atomic mass is 9.95. The number of nitriles is 1. The van der Waals surface area contributed by atoms with Crippen molar-refractivity contribution in [3.63, 3.8) is 0 Å². The Balaban J connectivity index is 2.95. The molecule has 3 heteroatoms. The first-order valence-corrected chi connectivity index (χ1v) is 6.91. The van der Waals surface area contributed by atoms with Crippen molar-refractivity contribution in [2.45, 2.75) is 39.3 Å². The molecule has 0 radical (unpaired) electrons. The van der Waals surface area contributed by atoms with E-state index < -0.39 is 0 Å². The van der Waals surface area contributed by atoms with Gasteiger partial charge in [-0.25, -0.2) is 0 Å². The Morgan fingerprint density at radius 3 is 2.37 bits per heavy atom. The highest BCUT2D eigenvalue weighted by atomic mass is 15.1.